The Kier molecular flexibility index (Phi) is 10.8. The predicted molar refractivity (Wildman–Crippen MR) is 91.5 cm³/mol. The van der Waals surface area contributed by atoms with Crippen molar-refractivity contribution in [2.45, 2.75) is 39.2 Å². The molecule has 1 fully saturated rings. The van der Waals surface area contributed by atoms with E-state index in [1.807, 2.05) is 18.7 Å². The summed E-state index contributed by atoms with van der Waals surface area (Å²) in [5, 5.41) is 15.6. The molecule has 0 saturated carbocycles. The number of β-amino-alcohol motifs (C(OH)–C–C–N with tert-alkyl or cyclic N) is 1. The maximum absolute atomic E-state index is 11.5. The fourth-order valence-corrected chi connectivity index (χ4v) is 1.98. The molecule has 0 aromatic rings. The van der Waals surface area contributed by atoms with Gasteiger partial charge in [0.05, 0.1) is 12.6 Å². The Bertz CT molecular complexity index is 313. The summed E-state index contributed by atoms with van der Waals surface area (Å²) in [6, 6.07) is 0. The van der Waals surface area contributed by atoms with Gasteiger partial charge in [0.1, 0.15) is 0 Å². The number of hydrogen-bond donors (Lipinski definition) is 3. The lowest BCUT2D eigenvalue weighted by Gasteiger charge is -2.20. The van der Waals surface area contributed by atoms with Crippen molar-refractivity contribution in [2.75, 3.05) is 32.7 Å². The van der Waals surface area contributed by atoms with Crippen molar-refractivity contribution < 1.29 is 9.90 Å². The SMILES string of the molecule is CCCNC(=O)CCN=C(NCC)N1CC[C@@H](O)C1.I. The minimum Gasteiger partial charge on any atom is -0.391 e. The molecule has 0 aromatic carbocycles. The second kappa shape index (κ2) is 11.1. The van der Waals surface area contributed by atoms with E-state index in [9.17, 15) is 9.90 Å². The van der Waals surface area contributed by atoms with Crippen LogP contribution < -0.4 is 10.6 Å². The van der Waals surface area contributed by atoms with Gasteiger partial charge in [0.25, 0.3) is 0 Å². The van der Waals surface area contributed by atoms with Crippen molar-refractivity contribution in [3.8, 4) is 0 Å². The van der Waals surface area contributed by atoms with Crippen LogP contribution in [0.3, 0.4) is 0 Å². The minimum atomic E-state index is -0.267. The largest absolute Gasteiger partial charge is 0.391 e. The standard InChI is InChI=1S/C13H26N4O2.HI/c1-3-7-15-12(19)5-8-16-13(14-4-2)17-9-6-11(18)10-17;/h11,18H,3-10H2,1-2H3,(H,14,16)(H,15,19);1H/t11-;/m1./s1. The Morgan fingerprint density at radius 1 is 1.40 bits per heavy atom. The fourth-order valence-electron chi connectivity index (χ4n) is 1.98. The average Bonchev–Trinajstić information content (AvgIpc) is 2.82. The summed E-state index contributed by atoms with van der Waals surface area (Å²) >= 11 is 0. The van der Waals surface area contributed by atoms with Gasteiger partial charge in [-0.1, -0.05) is 6.92 Å². The second-order valence-corrected chi connectivity index (χ2v) is 4.72. The van der Waals surface area contributed by atoms with Crippen molar-refractivity contribution in [3.63, 3.8) is 0 Å². The first-order chi connectivity index (χ1) is 9.17. The van der Waals surface area contributed by atoms with Crippen molar-refractivity contribution in [3.05, 3.63) is 0 Å². The number of aliphatic hydroxyl groups is 1. The number of amides is 1. The van der Waals surface area contributed by atoms with Crippen LogP contribution in [0.25, 0.3) is 0 Å². The zero-order chi connectivity index (χ0) is 14.1. The van der Waals surface area contributed by atoms with E-state index in [4.69, 9.17) is 0 Å². The number of hydrogen-bond acceptors (Lipinski definition) is 3. The third-order valence-electron chi connectivity index (χ3n) is 2.97. The zero-order valence-corrected chi connectivity index (χ0v) is 14.7. The molecular formula is C13H27IN4O2. The van der Waals surface area contributed by atoms with E-state index in [-0.39, 0.29) is 36.0 Å². The van der Waals surface area contributed by atoms with Gasteiger partial charge in [-0.15, -0.1) is 24.0 Å². The Labute approximate surface area is 138 Å². The number of carbonyl (C=O) groups is 1. The molecule has 1 aliphatic heterocycles. The number of rotatable bonds is 6. The van der Waals surface area contributed by atoms with E-state index in [1.165, 1.54) is 0 Å². The van der Waals surface area contributed by atoms with Gasteiger partial charge >= 0.3 is 0 Å². The van der Waals surface area contributed by atoms with Gasteiger partial charge in [0.2, 0.25) is 5.91 Å². The molecular weight excluding hydrogens is 371 g/mol. The van der Waals surface area contributed by atoms with E-state index in [0.29, 0.717) is 19.5 Å². The van der Waals surface area contributed by atoms with Gasteiger partial charge in [0, 0.05) is 32.6 Å². The Morgan fingerprint density at radius 2 is 2.15 bits per heavy atom. The molecule has 20 heavy (non-hydrogen) atoms. The van der Waals surface area contributed by atoms with Gasteiger partial charge in [0.15, 0.2) is 5.96 Å². The predicted octanol–water partition coefficient (Wildman–Crippen LogP) is 0.553. The highest BCUT2D eigenvalue weighted by molar-refractivity contribution is 14.0. The first-order valence-electron chi connectivity index (χ1n) is 7.15. The first kappa shape index (κ1) is 19.4. The fraction of sp³-hybridized carbons (Fsp3) is 0.846. The highest BCUT2D eigenvalue weighted by Gasteiger charge is 2.22. The molecule has 1 atom stereocenters. The highest BCUT2D eigenvalue weighted by Crippen LogP contribution is 2.08. The van der Waals surface area contributed by atoms with Crippen LogP contribution in [0.2, 0.25) is 0 Å². The van der Waals surface area contributed by atoms with Gasteiger partial charge in [-0.3, -0.25) is 9.79 Å². The number of halogens is 1. The first-order valence-corrected chi connectivity index (χ1v) is 7.15. The molecule has 1 rings (SSSR count). The molecule has 1 aliphatic rings. The Morgan fingerprint density at radius 3 is 2.70 bits per heavy atom. The van der Waals surface area contributed by atoms with Crippen LogP contribution in [-0.2, 0) is 4.79 Å². The monoisotopic (exact) mass is 398 g/mol. The number of guanidine groups is 1. The Hall–Kier alpha value is -0.570. The number of carbonyl (C=O) groups excluding carboxylic acids is 1. The van der Waals surface area contributed by atoms with Crippen molar-refractivity contribution in [1.82, 2.24) is 15.5 Å². The van der Waals surface area contributed by atoms with Crippen LogP contribution in [0.5, 0.6) is 0 Å². The molecule has 1 heterocycles. The average molecular weight is 398 g/mol. The smallest absolute Gasteiger partial charge is 0.221 e. The molecule has 3 N–H and O–H groups in total. The summed E-state index contributed by atoms with van der Waals surface area (Å²) in [7, 11) is 0. The number of aliphatic imine (C=N–C) groups is 1. The number of likely N-dealkylation sites (tertiary alicyclic amines) is 1. The topological polar surface area (TPSA) is 77.0 Å². The summed E-state index contributed by atoms with van der Waals surface area (Å²) in [5.74, 6) is 0.838. The van der Waals surface area contributed by atoms with Gasteiger partial charge < -0.3 is 20.6 Å². The molecule has 0 bridgehead atoms. The Balaban J connectivity index is 0.00000361. The van der Waals surface area contributed by atoms with Crippen molar-refractivity contribution >= 4 is 35.8 Å². The molecule has 0 aromatic heterocycles. The zero-order valence-electron chi connectivity index (χ0n) is 12.4. The molecule has 118 valence electrons. The van der Waals surface area contributed by atoms with Crippen LogP contribution in [0.15, 0.2) is 4.99 Å². The summed E-state index contributed by atoms with van der Waals surface area (Å²) in [5.41, 5.74) is 0. The molecule has 7 heteroatoms. The molecule has 1 saturated heterocycles. The summed E-state index contributed by atoms with van der Waals surface area (Å²) < 4.78 is 0. The second-order valence-electron chi connectivity index (χ2n) is 4.72. The molecule has 0 spiro atoms. The summed E-state index contributed by atoms with van der Waals surface area (Å²) in [4.78, 5) is 17.9. The van der Waals surface area contributed by atoms with Gasteiger partial charge in [-0.05, 0) is 19.8 Å². The summed E-state index contributed by atoms with van der Waals surface area (Å²) in [6.07, 6.45) is 1.87. The maximum Gasteiger partial charge on any atom is 0.221 e. The molecule has 6 nitrogen and oxygen atoms in total. The third kappa shape index (κ3) is 7.28. The van der Waals surface area contributed by atoms with E-state index in [2.05, 4.69) is 15.6 Å². The molecule has 1 amide bonds. The third-order valence-corrected chi connectivity index (χ3v) is 2.97. The van der Waals surface area contributed by atoms with E-state index >= 15 is 0 Å². The van der Waals surface area contributed by atoms with Crippen molar-refractivity contribution in [1.29, 1.82) is 0 Å². The normalized spacial score (nSPS) is 18.6. The maximum atomic E-state index is 11.5. The van der Waals surface area contributed by atoms with Crippen LogP contribution in [0, 0.1) is 0 Å². The number of nitrogens with zero attached hydrogens (tertiary/aromatic N) is 2. The number of nitrogens with one attached hydrogen (secondary N) is 2. The number of aliphatic hydroxyl groups excluding tert-OH is 1. The molecule has 0 radical (unpaired) electrons. The van der Waals surface area contributed by atoms with Crippen LogP contribution >= 0.6 is 24.0 Å². The summed E-state index contributed by atoms with van der Waals surface area (Å²) in [6.45, 7) is 7.46. The molecule has 0 unspecified atom stereocenters. The van der Waals surface area contributed by atoms with E-state index in [0.717, 1.165) is 38.4 Å². The highest BCUT2D eigenvalue weighted by atomic mass is 127. The quantitative estimate of drug-likeness (QED) is 0.347. The molecule has 0 aliphatic carbocycles. The lowest BCUT2D eigenvalue weighted by Crippen LogP contribution is -2.40. The van der Waals surface area contributed by atoms with E-state index < -0.39 is 0 Å². The lowest BCUT2D eigenvalue weighted by molar-refractivity contribution is -0.120. The van der Waals surface area contributed by atoms with Crippen LogP contribution in [0.4, 0.5) is 0 Å². The van der Waals surface area contributed by atoms with Gasteiger partial charge in [-0.25, -0.2) is 0 Å². The lowest BCUT2D eigenvalue weighted by atomic mass is 10.3. The van der Waals surface area contributed by atoms with Crippen LogP contribution in [-0.4, -0.2) is 60.7 Å². The minimum absolute atomic E-state index is 0. The van der Waals surface area contributed by atoms with E-state index in [1.54, 1.807) is 0 Å². The van der Waals surface area contributed by atoms with Gasteiger partial charge in [-0.2, -0.15) is 0 Å². The van der Waals surface area contributed by atoms with Crippen molar-refractivity contribution in [2.24, 2.45) is 4.99 Å². The van der Waals surface area contributed by atoms with Crippen LogP contribution in [0.1, 0.15) is 33.1 Å².